The Bertz CT molecular complexity index is 295. The average Bonchev–Trinajstić information content (AvgIpc) is 2.68. The Morgan fingerprint density at radius 2 is 2.36 bits per heavy atom. The van der Waals surface area contributed by atoms with Gasteiger partial charge in [0.05, 0.1) is 5.38 Å². The molecule has 14 heavy (non-hydrogen) atoms. The summed E-state index contributed by atoms with van der Waals surface area (Å²) in [6.45, 7) is 2.59. The monoisotopic (exact) mass is 216 g/mol. The lowest BCUT2D eigenvalue weighted by atomic mass is 10.1. The first kappa shape index (κ1) is 9.93. The van der Waals surface area contributed by atoms with Crippen molar-refractivity contribution in [2.45, 2.75) is 37.7 Å². The molecule has 1 fully saturated rings. The smallest absolute Gasteiger partial charge is 0.255 e. The number of halogens is 1. The lowest BCUT2D eigenvalue weighted by molar-refractivity contribution is -0.00459. The summed E-state index contributed by atoms with van der Waals surface area (Å²) in [6, 6.07) is 0. The van der Waals surface area contributed by atoms with Crippen LogP contribution in [0, 0.1) is 0 Å². The summed E-state index contributed by atoms with van der Waals surface area (Å²) in [4.78, 5) is 4.20. The summed E-state index contributed by atoms with van der Waals surface area (Å²) in [5, 5.41) is 3.58. The predicted molar refractivity (Wildman–Crippen MR) is 51.1 cm³/mol. The van der Waals surface area contributed by atoms with Crippen molar-refractivity contribution < 1.29 is 9.26 Å². The van der Waals surface area contributed by atoms with Crippen LogP contribution in [0.25, 0.3) is 0 Å². The second-order valence-electron chi connectivity index (χ2n) is 3.46. The minimum atomic E-state index is -0.212. The van der Waals surface area contributed by atoms with Crippen molar-refractivity contribution in [1.29, 1.82) is 0 Å². The molecule has 0 aliphatic carbocycles. The Morgan fingerprint density at radius 1 is 1.50 bits per heavy atom. The van der Waals surface area contributed by atoms with E-state index in [0.717, 1.165) is 25.9 Å². The van der Waals surface area contributed by atoms with Crippen LogP contribution in [0.5, 0.6) is 0 Å². The quantitative estimate of drug-likeness (QED) is 0.713. The molecule has 0 bridgehead atoms. The van der Waals surface area contributed by atoms with Gasteiger partial charge >= 0.3 is 0 Å². The highest BCUT2D eigenvalue weighted by Crippen LogP contribution is 2.27. The number of hydrogen-bond donors (Lipinski definition) is 0. The molecule has 2 atom stereocenters. The van der Waals surface area contributed by atoms with E-state index in [0.29, 0.717) is 11.7 Å². The van der Waals surface area contributed by atoms with Gasteiger partial charge in [-0.25, -0.2) is 0 Å². The number of rotatable bonds is 2. The van der Waals surface area contributed by atoms with E-state index in [-0.39, 0.29) is 11.5 Å². The minimum absolute atomic E-state index is 0.0274. The number of alkyl halides is 1. The third kappa shape index (κ3) is 2.07. The zero-order valence-corrected chi connectivity index (χ0v) is 8.83. The van der Waals surface area contributed by atoms with Crippen LogP contribution in [0.1, 0.15) is 49.4 Å². The van der Waals surface area contributed by atoms with Crippen LogP contribution >= 0.6 is 11.6 Å². The van der Waals surface area contributed by atoms with Gasteiger partial charge in [0.15, 0.2) is 5.82 Å². The van der Waals surface area contributed by atoms with E-state index in [9.17, 15) is 0 Å². The molecule has 0 spiro atoms. The molecule has 0 saturated carbocycles. The van der Waals surface area contributed by atoms with Gasteiger partial charge < -0.3 is 9.26 Å². The Kier molecular flexibility index (Phi) is 3.03. The van der Waals surface area contributed by atoms with Gasteiger partial charge in [-0.05, 0) is 26.2 Å². The standard InChI is InChI=1S/C9H13ClN2O2/c1-6(10)8-11-9(14-12-8)7-4-2-3-5-13-7/h6-7H,2-5H2,1H3. The van der Waals surface area contributed by atoms with Crippen LogP contribution in [-0.2, 0) is 4.74 Å². The first-order chi connectivity index (χ1) is 6.77. The molecular formula is C9H13ClN2O2. The van der Waals surface area contributed by atoms with Crippen molar-refractivity contribution in [3.8, 4) is 0 Å². The fourth-order valence-electron chi connectivity index (χ4n) is 1.48. The summed E-state index contributed by atoms with van der Waals surface area (Å²) in [6.07, 6.45) is 3.20. The zero-order chi connectivity index (χ0) is 9.97. The van der Waals surface area contributed by atoms with Crippen LogP contribution < -0.4 is 0 Å². The Balaban J connectivity index is 2.07. The Labute approximate surface area is 87.6 Å². The molecular weight excluding hydrogens is 204 g/mol. The minimum Gasteiger partial charge on any atom is -0.368 e. The molecule has 1 aromatic heterocycles. The van der Waals surface area contributed by atoms with Gasteiger partial charge in [-0.1, -0.05) is 5.16 Å². The lowest BCUT2D eigenvalue weighted by Crippen LogP contribution is -2.11. The number of nitrogens with zero attached hydrogens (tertiary/aromatic N) is 2. The lowest BCUT2D eigenvalue weighted by Gasteiger charge is -2.18. The summed E-state index contributed by atoms with van der Waals surface area (Å²) < 4.78 is 10.6. The maximum Gasteiger partial charge on any atom is 0.255 e. The molecule has 2 heterocycles. The molecule has 1 saturated heterocycles. The fraction of sp³-hybridized carbons (Fsp3) is 0.778. The largest absolute Gasteiger partial charge is 0.368 e. The van der Waals surface area contributed by atoms with Gasteiger partial charge in [0.2, 0.25) is 0 Å². The van der Waals surface area contributed by atoms with Crippen molar-refractivity contribution in [3.05, 3.63) is 11.7 Å². The van der Waals surface area contributed by atoms with Crippen molar-refractivity contribution in [2.24, 2.45) is 0 Å². The molecule has 2 rings (SSSR count). The highest BCUT2D eigenvalue weighted by atomic mass is 35.5. The zero-order valence-electron chi connectivity index (χ0n) is 8.07. The normalized spacial score (nSPS) is 24.9. The molecule has 0 amide bonds. The topological polar surface area (TPSA) is 48.2 Å². The van der Waals surface area contributed by atoms with Gasteiger partial charge in [-0.3, -0.25) is 0 Å². The molecule has 0 aromatic carbocycles. The summed E-state index contributed by atoms with van der Waals surface area (Å²) >= 11 is 5.83. The first-order valence-corrected chi connectivity index (χ1v) is 5.30. The van der Waals surface area contributed by atoms with Crippen LogP contribution in [0.4, 0.5) is 0 Å². The molecule has 5 heteroatoms. The van der Waals surface area contributed by atoms with Crippen molar-refractivity contribution in [2.75, 3.05) is 6.61 Å². The molecule has 1 aliphatic heterocycles. The molecule has 1 aliphatic rings. The third-order valence-corrected chi connectivity index (χ3v) is 2.46. The second kappa shape index (κ2) is 4.28. The molecule has 0 N–H and O–H groups in total. The maximum atomic E-state index is 5.83. The predicted octanol–water partition coefficient (Wildman–Crippen LogP) is 2.61. The molecule has 4 nitrogen and oxygen atoms in total. The molecule has 2 unspecified atom stereocenters. The van der Waals surface area contributed by atoms with Crippen LogP contribution in [0.2, 0.25) is 0 Å². The van der Waals surface area contributed by atoms with Crippen LogP contribution in [0.3, 0.4) is 0 Å². The molecule has 1 aromatic rings. The van der Waals surface area contributed by atoms with E-state index in [1.165, 1.54) is 0 Å². The maximum absolute atomic E-state index is 5.83. The Hall–Kier alpha value is -0.610. The van der Waals surface area contributed by atoms with Crippen molar-refractivity contribution in [3.63, 3.8) is 0 Å². The van der Waals surface area contributed by atoms with Crippen LogP contribution in [-0.4, -0.2) is 16.7 Å². The van der Waals surface area contributed by atoms with E-state index >= 15 is 0 Å². The van der Waals surface area contributed by atoms with E-state index in [2.05, 4.69) is 10.1 Å². The first-order valence-electron chi connectivity index (χ1n) is 4.86. The highest BCUT2D eigenvalue weighted by Gasteiger charge is 2.23. The van der Waals surface area contributed by atoms with E-state index in [1.807, 2.05) is 6.92 Å². The molecule has 0 radical (unpaired) electrons. The second-order valence-corrected chi connectivity index (χ2v) is 4.12. The van der Waals surface area contributed by atoms with E-state index < -0.39 is 0 Å². The SMILES string of the molecule is CC(Cl)c1noc(C2CCCCO2)n1. The van der Waals surface area contributed by atoms with Gasteiger partial charge in [0.1, 0.15) is 6.10 Å². The Morgan fingerprint density at radius 3 is 2.93 bits per heavy atom. The van der Waals surface area contributed by atoms with Gasteiger partial charge in [0, 0.05) is 6.61 Å². The third-order valence-electron chi connectivity index (χ3n) is 2.27. The van der Waals surface area contributed by atoms with Crippen molar-refractivity contribution in [1.82, 2.24) is 10.1 Å². The van der Waals surface area contributed by atoms with E-state index in [4.69, 9.17) is 20.9 Å². The molecule has 78 valence electrons. The highest BCUT2D eigenvalue weighted by molar-refractivity contribution is 6.20. The summed E-state index contributed by atoms with van der Waals surface area (Å²) in [5.74, 6) is 1.10. The van der Waals surface area contributed by atoms with Crippen LogP contribution in [0.15, 0.2) is 4.52 Å². The van der Waals surface area contributed by atoms with Crippen molar-refractivity contribution >= 4 is 11.6 Å². The van der Waals surface area contributed by atoms with Gasteiger partial charge in [0.25, 0.3) is 5.89 Å². The van der Waals surface area contributed by atoms with Gasteiger partial charge in [-0.2, -0.15) is 4.98 Å². The summed E-state index contributed by atoms with van der Waals surface area (Å²) in [5.41, 5.74) is 0. The number of aromatic nitrogens is 2. The van der Waals surface area contributed by atoms with Gasteiger partial charge in [-0.15, -0.1) is 11.6 Å². The number of ether oxygens (including phenoxy) is 1. The van der Waals surface area contributed by atoms with E-state index in [1.54, 1.807) is 0 Å². The number of hydrogen-bond acceptors (Lipinski definition) is 4. The fourth-order valence-corrected chi connectivity index (χ4v) is 1.56. The average molecular weight is 217 g/mol. The summed E-state index contributed by atoms with van der Waals surface area (Å²) in [7, 11) is 0.